The lowest BCUT2D eigenvalue weighted by molar-refractivity contribution is -0.144. The molecule has 1 aromatic carbocycles. The number of aliphatic imine (C=N–C) groups is 1. The molecular formula is C19H25FINO5. The third-order valence-electron chi connectivity index (χ3n) is 3.92. The van der Waals surface area contributed by atoms with Gasteiger partial charge in [0.05, 0.1) is 31.9 Å². The van der Waals surface area contributed by atoms with Crippen molar-refractivity contribution in [2.45, 2.75) is 33.7 Å². The largest absolute Gasteiger partial charge is 0.496 e. The van der Waals surface area contributed by atoms with Gasteiger partial charge in [-0.05, 0) is 41.0 Å². The summed E-state index contributed by atoms with van der Waals surface area (Å²) in [6.07, 6.45) is 1.20. The van der Waals surface area contributed by atoms with Gasteiger partial charge >= 0.3 is 5.97 Å². The standard InChI is InChI=1S/C19H25FINO5/c1-6-27-18(25)12(9-22-16(10-23)19(2,3)4)17(24)11-7-14(21)13(20)8-15(11)26-5/h7-9,12,16,23H,6,10H2,1-5H3. The van der Waals surface area contributed by atoms with Crippen molar-refractivity contribution < 1.29 is 28.6 Å². The number of carbonyl (C=O) groups excluding carboxylic acids is 2. The molecule has 0 spiro atoms. The smallest absolute Gasteiger partial charge is 0.322 e. The zero-order valence-electron chi connectivity index (χ0n) is 16.1. The van der Waals surface area contributed by atoms with Gasteiger partial charge in [0.2, 0.25) is 0 Å². The van der Waals surface area contributed by atoms with Gasteiger partial charge in [0, 0.05) is 15.9 Å². The Morgan fingerprint density at radius 1 is 1.37 bits per heavy atom. The highest BCUT2D eigenvalue weighted by Gasteiger charge is 2.31. The fourth-order valence-electron chi connectivity index (χ4n) is 2.26. The van der Waals surface area contributed by atoms with Gasteiger partial charge in [-0.2, -0.15) is 0 Å². The van der Waals surface area contributed by atoms with E-state index in [2.05, 4.69) is 4.99 Å². The third-order valence-corrected chi connectivity index (χ3v) is 4.75. The van der Waals surface area contributed by atoms with Crippen molar-refractivity contribution in [1.82, 2.24) is 0 Å². The maximum atomic E-state index is 13.8. The summed E-state index contributed by atoms with van der Waals surface area (Å²) in [5.74, 6) is -3.21. The number of benzene rings is 1. The van der Waals surface area contributed by atoms with E-state index in [0.717, 1.165) is 6.07 Å². The first-order valence-corrected chi connectivity index (χ1v) is 9.52. The highest BCUT2D eigenvalue weighted by molar-refractivity contribution is 14.1. The molecule has 8 heteroatoms. The fourth-order valence-corrected chi connectivity index (χ4v) is 2.73. The lowest BCUT2D eigenvalue weighted by Crippen LogP contribution is -2.32. The van der Waals surface area contributed by atoms with Gasteiger partial charge in [-0.1, -0.05) is 20.8 Å². The second-order valence-corrected chi connectivity index (χ2v) is 8.09. The number of ether oxygens (including phenoxy) is 2. The van der Waals surface area contributed by atoms with E-state index in [9.17, 15) is 19.1 Å². The van der Waals surface area contributed by atoms with Crippen LogP contribution in [-0.2, 0) is 9.53 Å². The number of methoxy groups -OCH3 is 1. The first-order chi connectivity index (χ1) is 12.6. The fraction of sp³-hybridized carbons (Fsp3) is 0.526. The maximum absolute atomic E-state index is 13.8. The van der Waals surface area contributed by atoms with E-state index in [1.54, 1.807) is 29.5 Å². The van der Waals surface area contributed by atoms with Crippen molar-refractivity contribution in [1.29, 1.82) is 0 Å². The van der Waals surface area contributed by atoms with Crippen LogP contribution in [-0.4, -0.2) is 49.4 Å². The van der Waals surface area contributed by atoms with E-state index in [1.165, 1.54) is 19.4 Å². The highest BCUT2D eigenvalue weighted by atomic mass is 127. The summed E-state index contributed by atoms with van der Waals surface area (Å²) >= 11 is 1.76. The summed E-state index contributed by atoms with van der Waals surface area (Å²) in [4.78, 5) is 29.6. The van der Waals surface area contributed by atoms with E-state index < -0.39 is 29.5 Å². The number of esters is 1. The summed E-state index contributed by atoms with van der Waals surface area (Å²) in [5, 5.41) is 9.54. The Bertz CT molecular complexity index is 715. The summed E-state index contributed by atoms with van der Waals surface area (Å²) in [6, 6.07) is 1.92. The van der Waals surface area contributed by atoms with Crippen molar-refractivity contribution in [3.8, 4) is 5.75 Å². The molecule has 2 unspecified atom stereocenters. The van der Waals surface area contributed by atoms with Crippen LogP contribution in [0.2, 0.25) is 0 Å². The number of Topliss-reactive ketones (excluding diaryl/α,β-unsaturated/α-hetero) is 1. The molecule has 6 nitrogen and oxygen atoms in total. The van der Waals surface area contributed by atoms with Gasteiger partial charge < -0.3 is 14.6 Å². The van der Waals surface area contributed by atoms with E-state index in [4.69, 9.17) is 9.47 Å². The second kappa shape index (κ2) is 10.1. The van der Waals surface area contributed by atoms with Crippen molar-refractivity contribution >= 4 is 40.6 Å². The second-order valence-electron chi connectivity index (χ2n) is 6.92. The van der Waals surface area contributed by atoms with Crippen LogP contribution in [0.5, 0.6) is 5.75 Å². The molecule has 0 aromatic heterocycles. The molecule has 0 fully saturated rings. The molecule has 0 aliphatic heterocycles. The maximum Gasteiger partial charge on any atom is 0.322 e. The molecular weight excluding hydrogens is 468 g/mol. The monoisotopic (exact) mass is 493 g/mol. The van der Waals surface area contributed by atoms with Crippen LogP contribution in [0.3, 0.4) is 0 Å². The Morgan fingerprint density at radius 3 is 2.48 bits per heavy atom. The van der Waals surface area contributed by atoms with Crippen molar-refractivity contribution in [3.63, 3.8) is 0 Å². The first-order valence-electron chi connectivity index (χ1n) is 8.44. The molecule has 0 aliphatic rings. The average Bonchev–Trinajstić information content (AvgIpc) is 2.59. The van der Waals surface area contributed by atoms with Crippen molar-refractivity contribution in [2.75, 3.05) is 20.3 Å². The molecule has 150 valence electrons. The van der Waals surface area contributed by atoms with E-state index >= 15 is 0 Å². The van der Waals surface area contributed by atoms with Gasteiger partial charge in [0.1, 0.15) is 11.6 Å². The van der Waals surface area contributed by atoms with Crippen LogP contribution in [0.1, 0.15) is 38.1 Å². The zero-order valence-corrected chi connectivity index (χ0v) is 18.2. The molecule has 0 aliphatic carbocycles. The number of carbonyl (C=O) groups is 2. The van der Waals surface area contributed by atoms with Crippen molar-refractivity contribution in [2.24, 2.45) is 16.3 Å². The van der Waals surface area contributed by atoms with Crippen LogP contribution in [0.4, 0.5) is 4.39 Å². The number of aliphatic hydroxyl groups is 1. The predicted molar refractivity (Wildman–Crippen MR) is 109 cm³/mol. The molecule has 27 heavy (non-hydrogen) atoms. The number of aliphatic hydroxyl groups excluding tert-OH is 1. The quantitative estimate of drug-likeness (QED) is 0.198. The minimum atomic E-state index is -1.32. The van der Waals surface area contributed by atoms with Crippen LogP contribution < -0.4 is 4.74 Å². The Balaban J connectivity index is 3.34. The van der Waals surface area contributed by atoms with Gasteiger partial charge in [0.25, 0.3) is 0 Å². The molecule has 0 heterocycles. The highest BCUT2D eigenvalue weighted by Crippen LogP contribution is 2.27. The molecule has 2 atom stereocenters. The SMILES string of the molecule is CCOC(=O)C(C=NC(CO)C(C)(C)C)C(=O)c1cc(I)c(F)cc1OC. The van der Waals surface area contributed by atoms with E-state index in [1.807, 2.05) is 20.8 Å². The minimum absolute atomic E-state index is 0.0233. The third kappa shape index (κ3) is 6.24. The normalized spacial score (nSPS) is 14.1. The molecule has 0 saturated carbocycles. The minimum Gasteiger partial charge on any atom is -0.496 e. The van der Waals surface area contributed by atoms with Gasteiger partial charge in [-0.15, -0.1) is 0 Å². The summed E-state index contributed by atoms with van der Waals surface area (Å²) in [7, 11) is 1.31. The number of rotatable bonds is 8. The van der Waals surface area contributed by atoms with Crippen molar-refractivity contribution in [3.05, 3.63) is 27.1 Å². The van der Waals surface area contributed by atoms with E-state index in [-0.39, 0.29) is 33.5 Å². The van der Waals surface area contributed by atoms with E-state index in [0.29, 0.717) is 0 Å². The van der Waals surface area contributed by atoms with Crippen LogP contribution in [0.15, 0.2) is 17.1 Å². The van der Waals surface area contributed by atoms with Gasteiger partial charge in [0.15, 0.2) is 11.7 Å². The molecule has 0 bridgehead atoms. The predicted octanol–water partition coefficient (Wildman–Crippen LogP) is 3.28. The summed E-state index contributed by atoms with van der Waals surface area (Å²) in [5.41, 5.74) is -0.305. The topological polar surface area (TPSA) is 85.2 Å². The Labute approximate surface area is 172 Å². The summed E-state index contributed by atoms with van der Waals surface area (Å²) < 4.78 is 24.1. The lowest BCUT2D eigenvalue weighted by atomic mass is 9.87. The first kappa shape index (κ1) is 23.5. The molecule has 1 aromatic rings. The van der Waals surface area contributed by atoms with Crippen LogP contribution >= 0.6 is 22.6 Å². The van der Waals surface area contributed by atoms with Crippen LogP contribution in [0, 0.1) is 20.7 Å². The molecule has 0 radical (unpaired) electrons. The number of ketones is 1. The van der Waals surface area contributed by atoms with Crippen LogP contribution in [0.25, 0.3) is 0 Å². The number of hydrogen-bond donors (Lipinski definition) is 1. The number of nitrogens with zero attached hydrogens (tertiary/aromatic N) is 1. The Hall–Kier alpha value is -1.55. The lowest BCUT2D eigenvalue weighted by Gasteiger charge is -2.25. The van der Waals surface area contributed by atoms with Gasteiger partial charge in [-0.25, -0.2) is 4.39 Å². The molecule has 0 saturated heterocycles. The zero-order chi connectivity index (χ0) is 20.8. The molecule has 1 rings (SSSR count). The summed E-state index contributed by atoms with van der Waals surface area (Å²) in [6.45, 7) is 7.15. The molecule has 0 amide bonds. The Morgan fingerprint density at radius 2 is 2.00 bits per heavy atom. The van der Waals surface area contributed by atoms with Gasteiger partial charge in [-0.3, -0.25) is 14.6 Å². The number of hydrogen-bond acceptors (Lipinski definition) is 6. The average molecular weight is 493 g/mol. The Kier molecular flexibility index (Phi) is 8.80. The number of halogens is 2. The molecule has 1 N–H and O–H groups in total.